The highest BCUT2D eigenvalue weighted by Gasteiger charge is 2.30. The highest BCUT2D eigenvalue weighted by atomic mass is 16.2. The fraction of sp³-hybridized carbons (Fsp3) is 0.333. The van der Waals surface area contributed by atoms with Crippen molar-refractivity contribution < 1.29 is 4.79 Å². The molecule has 2 aromatic rings. The molecule has 0 spiro atoms. The summed E-state index contributed by atoms with van der Waals surface area (Å²) in [5, 5.41) is 1.05. The second-order valence-corrected chi connectivity index (χ2v) is 5.24. The van der Waals surface area contributed by atoms with E-state index in [0.717, 1.165) is 10.9 Å². The summed E-state index contributed by atoms with van der Waals surface area (Å²) >= 11 is 0. The molecular formula is C15H17N3O. The van der Waals surface area contributed by atoms with Gasteiger partial charge in [-0.2, -0.15) is 0 Å². The summed E-state index contributed by atoms with van der Waals surface area (Å²) in [6.45, 7) is 3.41. The Balaban J connectivity index is 1.90. The van der Waals surface area contributed by atoms with Gasteiger partial charge in [-0.25, -0.2) is 4.98 Å². The number of rotatable bonds is 1. The molecule has 1 aliphatic heterocycles. The lowest BCUT2D eigenvalue weighted by Crippen LogP contribution is -2.32. The smallest absolute Gasteiger partial charge is 0.272 e. The number of hydrogen-bond acceptors (Lipinski definition) is 3. The van der Waals surface area contributed by atoms with Crippen LogP contribution in [0.2, 0.25) is 0 Å². The maximum absolute atomic E-state index is 12.4. The lowest BCUT2D eigenvalue weighted by atomic mass is 10.1. The Kier molecular flexibility index (Phi) is 2.95. The number of para-hydroxylation sites is 1. The lowest BCUT2D eigenvalue weighted by Gasteiger charge is -2.15. The van der Waals surface area contributed by atoms with E-state index >= 15 is 0 Å². The van der Waals surface area contributed by atoms with Gasteiger partial charge in [0.1, 0.15) is 5.69 Å². The molecule has 1 saturated heterocycles. The Morgan fingerprint density at radius 3 is 2.79 bits per heavy atom. The molecule has 2 atom stereocenters. The first-order valence-corrected chi connectivity index (χ1v) is 6.56. The maximum atomic E-state index is 12.4. The summed E-state index contributed by atoms with van der Waals surface area (Å²) in [7, 11) is 0. The summed E-state index contributed by atoms with van der Waals surface area (Å²) in [4.78, 5) is 18.6. The van der Waals surface area contributed by atoms with Crippen molar-refractivity contribution in [1.82, 2.24) is 9.88 Å². The van der Waals surface area contributed by atoms with Gasteiger partial charge in [-0.15, -0.1) is 0 Å². The van der Waals surface area contributed by atoms with Crippen LogP contribution in [0, 0.1) is 5.92 Å². The number of likely N-dealkylation sites (tertiary alicyclic amines) is 1. The number of carbonyl (C=O) groups is 1. The predicted molar refractivity (Wildman–Crippen MR) is 74.8 cm³/mol. The number of nitrogens with zero attached hydrogens (tertiary/aromatic N) is 2. The molecule has 2 N–H and O–H groups in total. The summed E-state index contributed by atoms with van der Waals surface area (Å²) in [6.07, 6.45) is 0. The molecule has 4 nitrogen and oxygen atoms in total. The minimum absolute atomic E-state index is 0.0226. The van der Waals surface area contributed by atoms with Gasteiger partial charge >= 0.3 is 0 Å². The van der Waals surface area contributed by atoms with Gasteiger partial charge in [0.2, 0.25) is 0 Å². The number of fused-ring (bicyclic) bond motifs is 1. The molecule has 0 aliphatic carbocycles. The standard InChI is InChI=1S/C15H17N3O/c1-10-8-18(9-12(10)16)15(19)14-7-6-11-4-2-3-5-13(11)17-14/h2-7,10,12H,8-9,16H2,1H3. The van der Waals surface area contributed by atoms with E-state index in [1.54, 1.807) is 11.0 Å². The van der Waals surface area contributed by atoms with Crippen LogP contribution >= 0.6 is 0 Å². The van der Waals surface area contributed by atoms with Gasteiger partial charge < -0.3 is 10.6 Å². The van der Waals surface area contributed by atoms with Crippen molar-refractivity contribution in [3.8, 4) is 0 Å². The van der Waals surface area contributed by atoms with Gasteiger partial charge in [0.05, 0.1) is 5.52 Å². The monoisotopic (exact) mass is 255 g/mol. The number of benzene rings is 1. The van der Waals surface area contributed by atoms with Crippen molar-refractivity contribution in [3.05, 3.63) is 42.1 Å². The molecule has 19 heavy (non-hydrogen) atoms. The van der Waals surface area contributed by atoms with Gasteiger partial charge in [-0.05, 0) is 18.1 Å². The van der Waals surface area contributed by atoms with Gasteiger partial charge in [0, 0.05) is 24.5 Å². The van der Waals surface area contributed by atoms with E-state index in [4.69, 9.17) is 5.73 Å². The van der Waals surface area contributed by atoms with E-state index in [0.29, 0.717) is 24.7 Å². The third kappa shape index (κ3) is 2.19. The predicted octanol–water partition coefficient (Wildman–Crippen LogP) is 1.65. The van der Waals surface area contributed by atoms with Crippen molar-refractivity contribution in [2.75, 3.05) is 13.1 Å². The second kappa shape index (κ2) is 4.63. The van der Waals surface area contributed by atoms with Crippen LogP contribution in [0.3, 0.4) is 0 Å². The van der Waals surface area contributed by atoms with Gasteiger partial charge in [0.15, 0.2) is 0 Å². The minimum atomic E-state index is -0.0226. The Morgan fingerprint density at radius 1 is 1.26 bits per heavy atom. The van der Waals surface area contributed by atoms with E-state index in [1.165, 1.54) is 0 Å². The number of aromatic nitrogens is 1. The first kappa shape index (κ1) is 12.1. The number of pyridine rings is 1. The fourth-order valence-corrected chi connectivity index (χ4v) is 2.50. The van der Waals surface area contributed by atoms with Crippen LogP contribution in [0.25, 0.3) is 10.9 Å². The first-order chi connectivity index (χ1) is 9.15. The van der Waals surface area contributed by atoms with Crippen molar-refractivity contribution >= 4 is 16.8 Å². The van der Waals surface area contributed by atoms with E-state index in [-0.39, 0.29) is 11.9 Å². The zero-order chi connectivity index (χ0) is 13.4. The topological polar surface area (TPSA) is 59.2 Å². The highest BCUT2D eigenvalue weighted by molar-refractivity contribution is 5.95. The van der Waals surface area contributed by atoms with E-state index in [9.17, 15) is 4.79 Å². The minimum Gasteiger partial charge on any atom is -0.335 e. The van der Waals surface area contributed by atoms with Crippen molar-refractivity contribution in [1.29, 1.82) is 0 Å². The third-order valence-corrected chi connectivity index (χ3v) is 3.78. The van der Waals surface area contributed by atoms with Crippen molar-refractivity contribution in [2.45, 2.75) is 13.0 Å². The van der Waals surface area contributed by atoms with Crippen LogP contribution in [0.1, 0.15) is 17.4 Å². The average molecular weight is 255 g/mol. The molecule has 1 aliphatic rings. The Hall–Kier alpha value is -1.94. The molecule has 0 bridgehead atoms. The first-order valence-electron chi connectivity index (χ1n) is 6.56. The molecule has 0 saturated carbocycles. The Labute approximate surface area is 112 Å². The number of carbonyl (C=O) groups excluding carboxylic acids is 1. The van der Waals surface area contributed by atoms with E-state index in [2.05, 4.69) is 11.9 Å². The summed E-state index contributed by atoms with van der Waals surface area (Å²) in [5.41, 5.74) is 7.31. The molecule has 2 unspecified atom stereocenters. The molecule has 1 amide bonds. The molecule has 1 aromatic heterocycles. The van der Waals surface area contributed by atoms with Crippen LogP contribution in [0.15, 0.2) is 36.4 Å². The quantitative estimate of drug-likeness (QED) is 0.843. The largest absolute Gasteiger partial charge is 0.335 e. The molecule has 3 rings (SSSR count). The normalized spacial score (nSPS) is 22.9. The average Bonchev–Trinajstić information content (AvgIpc) is 2.77. The molecular weight excluding hydrogens is 238 g/mol. The fourth-order valence-electron chi connectivity index (χ4n) is 2.50. The summed E-state index contributed by atoms with van der Waals surface area (Å²) in [6, 6.07) is 11.6. The van der Waals surface area contributed by atoms with E-state index < -0.39 is 0 Å². The number of amides is 1. The highest BCUT2D eigenvalue weighted by Crippen LogP contribution is 2.18. The zero-order valence-electron chi connectivity index (χ0n) is 10.9. The van der Waals surface area contributed by atoms with Crippen molar-refractivity contribution in [3.63, 3.8) is 0 Å². The maximum Gasteiger partial charge on any atom is 0.272 e. The Morgan fingerprint density at radius 2 is 2.05 bits per heavy atom. The van der Waals surface area contributed by atoms with Gasteiger partial charge in [0.25, 0.3) is 5.91 Å². The van der Waals surface area contributed by atoms with Crippen LogP contribution in [-0.2, 0) is 0 Å². The Bertz CT molecular complexity index is 616. The molecule has 2 heterocycles. The zero-order valence-corrected chi connectivity index (χ0v) is 10.9. The van der Waals surface area contributed by atoms with Gasteiger partial charge in [-0.1, -0.05) is 31.2 Å². The molecule has 1 aromatic carbocycles. The van der Waals surface area contributed by atoms with Crippen molar-refractivity contribution in [2.24, 2.45) is 11.7 Å². The summed E-state index contributed by atoms with van der Waals surface area (Å²) < 4.78 is 0. The van der Waals surface area contributed by atoms with Crippen LogP contribution in [0.5, 0.6) is 0 Å². The third-order valence-electron chi connectivity index (χ3n) is 3.78. The molecule has 1 fully saturated rings. The number of nitrogens with two attached hydrogens (primary N) is 1. The molecule has 0 radical (unpaired) electrons. The van der Waals surface area contributed by atoms with E-state index in [1.807, 2.05) is 30.3 Å². The summed E-state index contributed by atoms with van der Waals surface area (Å²) in [5.74, 6) is 0.329. The van der Waals surface area contributed by atoms with Crippen LogP contribution in [0.4, 0.5) is 0 Å². The molecule has 98 valence electrons. The number of hydrogen-bond donors (Lipinski definition) is 1. The molecule has 4 heteroatoms. The lowest BCUT2D eigenvalue weighted by molar-refractivity contribution is 0.0781. The second-order valence-electron chi connectivity index (χ2n) is 5.24. The van der Waals surface area contributed by atoms with Crippen LogP contribution < -0.4 is 5.73 Å². The SMILES string of the molecule is CC1CN(C(=O)c2ccc3ccccc3n2)CC1N. The van der Waals surface area contributed by atoms with Gasteiger partial charge in [-0.3, -0.25) is 4.79 Å². The van der Waals surface area contributed by atoms with Crippen LogP contribution in [-0.4, -0.2) is 34.9 Å².